The van der Waals surface area contributed by atoms with Gasteiger partial charge in [-0.3, -0.25) is 4.79 Å². The van der Waals surface area contributed by atoms with Crippen molar-refractivity contribution >= 4 is 11.9 Å². The fourth-order valence-electron chi connectivity index (χ4n) is 4.24. The van der Waals surface area contributed by atoms with Gasteiger partial charge in [-0.2, -0.15) is 0 Å². The Bertz CT molecular complexity index is 1220. The van der Waals surface area contributed by atoms with Crippen LogP contribution in [0.2, 0.25) is 0 Å². The van der Waals surface area contributed by atoms with Crippen molar-refractivity contribution < 1.29 is 29.6 Å². The minimum atomic E-state index is -0.895. The summed E-state index contributed by atoms with van der Waals surface area (Å²) < 4.78 is 4.70. The first kappa shape index (κ1) is 28.7. The largest absolute Gasteiger partial charge is 0.508 e. The van der Waals surface area contributed by atoms with Crippen LogP contribution in [0.3, 0.4) is 0 Å². The standard InChI is InChI=1S/C30H36N2O6/c1-30(2,32-19-27(35)24-15-25(33)17-26(34)16-24)18-22-6-4-5-21(13-22)14-28(36)31-12-11-20-7-9-23(10-8-20)29(37)38-3/h4-10,13,15-17,27,32-35H,11-12,14,18-19H2,1-3H3,(H,31,36). The van der Waals surface area contributed by atoms with Crippen molar-refractivity contribution in [3.63, 3.8) is 0 Å². The molecule has 202 valence electrons. The Morgan fingerprint density at radius 2 is 1.58 bits per heavy atom. The molecule has 0 aliphatic rings. The molecule has 0 heterocycles. The van der Waals surface area contributed by atoms with Crippen molar-refractivity contribution in [2.24, 2.45) is 0 Å². The summed E-state index contributed by atoms with van der Waals surface area (Å²) in [6, 6.07) is 19.1. The first-order chi connectivity index (χ1) is 18.0. The number of aliphatic hydroxyl groups is 1. The molecule has 0 aliphatic heterocycles. The van der Waals surface area contributed by atoms with Crippen molar-refractivity contribution in [3.8, 4) is 11.5 Å². The molecular weight excluding hydrogens is 484 g/mol. The molecular formula is C30H36N2O6. The van der Waals surface area contributed by atoms with E-state index < -0.39 is 6.10 Å². The van der Waals surface area contributed by atoms with Gasteiger partial charge in [0, 0.05) is 24.7 Å². The summed E-state index contributed by atoms with van der Waals surface area (Å²) in [5.41, 5.74) is 3.55. The summed E-state index contributed by atoms with van der Waals surface area (Å²) in [5, 5.41) is 36.1. The van der Waals surface area contributed by atoms with Gasteiger partial charge in [-0.25, -0.2) is 4.79 Å². The van der Waals surface area contributed by atoms with E-state index in [0.29, 0.717) is 30.5 Å². The molecule has 1 amide bonds. The first-order valence-electron chi connectivity index (χ1n) is 12.5. The molecule has 0 saturated carbocycles. The summed E-state index contributed by atoms with van der Waals surface area (Å²) in [6.07, 6.45) is 0.694. The molecule has 0 aromatic heterocycles. The molecule has 0 bridgehead atoms. The lowest BCUT2D eigenvalue weighted by atomic mass is 9.93. The van der Waals surface area contributed by atoms with Gasteiger partial charge in [0.15, 0.2) is 0 Å². The lowest BCUT2D eigenvalue weighted by molar-refractivity contribution is -0.120. The number of amides is 1. The summed E-state index contributed by atoms with van der Waals surface area (Å²) in [5.74, 6) is -0.650. The second-order valence-corrected chi connectivity index (χ2v) is 10.0. The van der Waals surface area contributed by atoms with Crippen LogP contribution in [0.5, 0.6) is 11.5 Å². The summed E-state index contributed by atoms with van der Waals surface area (Å²) in [6.45, 7) is 4.78. The fraction of sp³-hybridized carbons (Fsp3) is 0.333. The predicted octanol–water partition coefficient (Wildman–Crippen LogP) is 3.43. The van der Waals surface area contributed by atoms with E-state index in [1.54, 1.807) is 12.1 Å². The van der Waals surface area contributed by atoms with Gasteiger partial charge in [0.05, 0.1) is 25.2 Å². The maximum atomic E-state index is 12.5. The molecule has 3 aromatic rings. The molecule has 5 N–H and O–H groups in total. The number of ether oxygens (including phenoxy) is 1. The zero-order valence-electron chi connectivity index (χ0n) is 22.0. The van der Waals surface area contributed by atoms with Crippen molar-refractivity contribution in [2.75, 3.05) is 20.2 Å². The molecule has 0 radical (unpaired) electrons. The normalized spacial score (nSPS) is 12.1. The Hall–Kier alpha value is -3.88. The molecule has 8 heteroatoms. The topological polar surface area (TPSA) is 128 Å². The molecule has 3 rings (SSSR count). The van der Waals surface area contributed by atoms with Gasteiger partial charge in [-0.1, -0.05) is 36.4 Å². The van der Waals surface area contributed by atoms with Gasteiger partial charge in [-0.05, 0) is 73.2 Å². The quantitative estimate of drug-likeness (QED) is 0.232. The Morgan fingerprint density at radius 3 is 2.24 bits per heavy atom. The molecule has 8 nitrogen and oxygen atoms in total. The third-order valence-electron chi connectivity index (χ3n) is 6.20. The number of hydrogen-bond acceptors (Lipinski definition) is 7. The number of carbonyl (C=O) groups excluding carboxylic acids is 2. The maximum absolute atomic E-state index is 12.5. The Balaban J connectivity index is 1.47. The lowest BCUT2D eigenvalue weighted by Gasteiger charge is -2.28. The predicted molar refractivity (Wildman–Crippen MR) is 145 cm³/mol. The number of phenols is 2. The minimum absolute atomic E-state index is 0.0665. The highest BCUT2D eigenvalue weighted by atomic mass is 16.5. The number of nitrogens with one attached hydrogen (secondary N) is 2. The van der Waals surface area contributed by atoms with Gasteiger partial charge in [0.1, 0.15) is 11.5 Å². The van der Waals surface area contributed by atoms with Gasteiger partial charge < -0.3 is 30.7 Å². The van der Waals surface area contributed by atoms with Crippen LogP contribution in [0.15, 0.2) is 66.7 Å². The van der Waals surface area contributed by atoms with Gasteiger partial charge in [0.25, 0.3) is 0 Å². The number of methoxy groups -OCH3 is 1. The van der Waals surface area contributed by atoms with Crippen molar-refractivity contribution in [1.29, 1.82) is 0 Å². The highest BCUT2D eigenvalue weighted by molar-refractivity contribution is 5.89. The molecule has 38 heavy (non-hydrogen) atoms. The number of aromatic hydroxyl groups is 2. The monoisotopic (exact) mass is 520 g/mol. The molecule has 1 atom stereocenters. The van der Waals surface area contributed by atoms with Crippen LogP contribution < -0.4 is 10.6 Å². The molecule has 1 unspecified atom stereocenters. The van der Waals surface area contributed by atoms with Crippen LogP contribution in [0, 0.1) is 0 Å². The number of esters is 1. The second-order valence-electron chi connectivity index (χ2n) is 10.0. The average Bonchev–Trinajstić information content (AvgIpc) is 2.86. The molecule has 0 fully saturated rings. The van der Waals surface area contributed by atoms with Crippen molar-refractivity contribution in [3.05, 3.63) is 94.5 Å². The summed E-state index contributed by atoms with van der Waals surface area (Å²) in [7, 11) is 1.35. The Morgan fingerprint density at radius 1 is 0.921 bits per heavy atom. The van der Waals surface area contributed by atoms with E-state index in [1.165, 1.54) is 25.3 Å². The maximum Gasteiger partial charge on any atom is 0.337 e. The van der Waals surface area contributed by atoms with Gasteiger partial charge in [0.2, 0.25) is 5.91 Å². The third-order valence-corrected chi connectivity index (χ3v) is 6.20. The summed E-state index contributed by atoms with van der Waals surface area (Å²) in [4.78, 5) is 24.0. The minimum Gasteiger partial charge on any atom is -0.508 e. The van der Waals surface area contributed by atoms with E-state index in [2.05, 4.69) is 10.6 Å². The van der Waals surface area contributed by atoms with Crippen LogP contribution in [-0.2, 0) is 28.8 Å². The van der Waals surface area contributed by atoms with Gasteiger partial charge in [-0.15, -0.1) is 0 Å². The first-order valence-corrected chi connectivity index (χ1v) is 12.5. The van der Waals surface area contributed by atoms with Crippen LogP contribution in [0.1, 0.15) is 52.6 Å². The molecule has 0 aliphatic carbocycles. The Kier molecular flexibility index (Phi) is 9.87. The fourth-order valence-corrected chi connectivity index (χ4v) is 4.24. The summed E-state index contributed by atoms with van der Waals surface area (Å²) >= 11 is 0. The zero-order chi connectivity index (χ0) is 27.7. The van der Waals surface area contributed by atoms with E-state index in [9.17, 15) is 24.9 Å². The van der Waals surface area contributed by atoms with Crippen molar-refractivity contribution in [1.82, 2.24) is 10.6 Å². The molecule has 0 saturated heterocycles. The number of benzene rings is 3. The number of aliphatic hydroxyl groups excluding tert-OH is 1. The number of hydrogen-bond donors (Lipinski definition) is 5. The van der Waals surface area contributed by atoms with Crippen molar-refractivity contribution in [2.45, 2.75) is 44.8 Å². The van der Waals surface area contributed by atoms with Crippen LogP contribution in [0.25, 0.3) is 0 Å². The Labute approximate surface area is 223 Å². The average molecular weight is 521 g/mol. The van der Waals surface area contributed by atoms with E-state index in [-0.39, 0.29) is 41.9 Å². The highest BCUT2D eigenvalue weighted by Gasteiger charge is 2.21. The number of phenolic OH excluding ortho intramolecular Hbond substituents is 2. The van der Waals surface area contributed by atoms with Crippen LogP contribution in [-0.4, -0.2) is 52.9 Å². The number of β-amino-alcohol motifs (C(OH)–C–C–N with tert-alkyl or cyclic N) is 1. The number of carbonyl (C=O) groups is 2. The van der Waals surface area contributed by atoms with Crippen LogP contribution >= 0.6 is 0 Å². The second kappa shape index (κ2) is 13.1. The zero-order valence-corrected chi connectivity index (χ0v) is 22.0. The SMILES string of the molecule is COC(=O)c1ccc(CCNC(=O)Cc2cccc(CC(C)(C)NCC(O)c3cc(O)cc(O)c3)c2)cc1. The molecule has 0 spiro atoms. The van der Waals surface area contributed by atoms with E-state index >= 15 is 0 Å². The smallest absolute Gasteiger partial charge is 0.337 e. The third kappa shape index (κ3) is 8.90. The van der Waals surface area contributed by atoms with Crippen LogP contribution in [0.4, 0.5) is 0 Å². The molecule has 3 aromatic carbocycles. The van der Waals surface area contributed by atoms with Gasteiger partial charge >= 0.3 is 5.97 Å². The lowest BCUT2D eigenvalue weighted by Crippen LogP contribution is -2.43. The van der Waals surface area contributed by atoms with E-state index in [1.807, 2.05) is 50.2 Å². The van der Waals surface area contributed by atoms with E-state index in [0.717, 1.165) is 16.7 Å². The van der Waals surface area contributed by atoms with E-state index in [4.69, 9.17) is 4.74 Å². The highest BCUT2D eigenvalue weighted by Crippen LogP contribution is 2.25. The number of rotatable bonds is 12.